The Morgan fingerprint density at radius 2 is 2.35 bits per heavy atom. The van der Waals surface area contributed by atoms with Gasteiger partial charge in [0.05, 0.1) is 11.1 Å². The van der Waals surface area contributed by atoms with Gasteiger partial charge in [-0.3, -0.25) is 10.1 Å². The molecular formula is C10H7FN2O4. The van der Waals surface area contributed by atoms with Crippen molar-refractivity contribution in [3.05, 3.63) is 52.2 Å². The Labute approximate surface area is 94.8 Å². The normalized spacial score (nSPS) is 10.2. The predicted molar refractivity (Wildman–Crippen MR) is 53.9 cm³/mol. The van der Waals surface area contributed by atoms with Gasteiger partial charge >= 0.3 is 5.69 Å². The highest BCUT2D eigenvalue weighted by Gasteiger charge is 2.14. The van der Waals surface area contributed by atoms with Crippen LogP contribution in [0.3, 0.4) is 0 Å². The summed E-state index contributed by atoms with van der Waals surface area (Å²) in [6.45, 7) is 0.154. The molecule has 1 aromatic heterocycles. The minimum absolute atomic E-state index is 0.154. The summed E-state index contributed by atoms with van der Waals surface area (Å²) in [5.41, 5.74) is 0.103. The smallest absolute Gasteiger partial charge is 0.305 e. The van der Waals surface area contributed by atoms with E-state index in [0.717, 1.165) is 12.1 Å². The molecule has 0 amide bonds. The van der Waals surface area contributed by atoms with Crippen LogP contribution in [0.2, 0.25) is 0 Å². The van der Waals surface area contributed by atoms with Crippen molar-refractivity contribution in [1.29, 1.82) is 0 Å². The maximum atomic E-state index is 13.2. The topological polar surface area (TPSA) is 78.4 Å². The largest absolute Gasteiger partial charge is 0.489 e. The van der Waals surface area contributed by atoms with Gasteiger partial charge in [-0.25, -0.2) is 0 Å². The summed E-state index contributed by atoms with van der Waals surface area (Å²) >= 11 is 0. The lowest BCUT2D eigenvalue weighted by atomic mass is 10.3. The van der Waals surface area contributed by atoms with Crippen LogP contribution in [0.1, 0.15) is 5.56 Å². The van der Waals surface area contributed by atoms with Crippen LogP contribution in [-0.4, -0.2) is 10.1 Å². The molecule has 0 unspecified atom stereocenters. The standard InChI is InChI=1S/C10H7FN2O4/c11-9-3-8(1-2-10(9)13(14)15)16-5-7-4-12-17-6-7/h1-4,6H,5H2. The first-order chi connectivity index (χ1) is 8.16. The molecule has 0 aliphatic carbocycles. The van der Waals surface area contributed by atoms with Crippen molar-refractivity contribution in [2.45, 2.75) is 6.61 Å². The van der Waals surface area contributed by atoms with E-state index in [9.17, 15) is 14.5 Å². The summed E-state index contributed by atoms with van der Waals surface area (Å²) < 4.78 is 23.0. The van der Waals surface area contributed by atoms with E-state index in [-0.39, 0.29) is 12.4 Å². The third-order valence-corrected chi connectivity index (χ3v) is 2.00. The van der Waals surface area contributed by atoms with E-state index in [0.29, 0.717) is 5.56 Å². The molecule has 88 valence electrons. The molecular weight excluding hydrogens is 231 g/mol. The molecule has 0 aliphatic heterocycles. The molecule has 0 saturated heterocycles. The van der Waals surface area contributed by atoms with Crippen molar-refractivity contribution in [2.24, 2.45) is 0 Å². The number of nitro benzene ring substituents is 1. The first kappa shape index (κ1) is 11.1. The Bertz CT molecular complexity index is 527. The third kappa shape index (κ3) is 2.57. The number of aromatic nitrogens is 1. The summed E-state index contributed by atoms with van der Waals surface area (Å²) in [7, 11) is 0. The first-order valence-corrected chi connectivity index (χ1v) is 4.62. The molecule has 2 aromatic rings. The van der Waals surface area contributed by atoms with Crippen LogP contribution in [0.25, 0.3) is 0 Å². The number of benzene rings is 1. The zero-order valence-corrected chi connectivity index (χ0v) is 8.50. The number of halogens is 1. The minimum Gasteiger partial charge on any atom is -0.489 e. The van der Waals surface area contributed by atoms with Gasteiger partial charge < -0.3 is 9.26 Å². The molecule has 0 saturated carbocycles. The van der Waals surface area contributed by atoms with Gasteiger partial charge in [0.1, 0.15) is 18.6 Å². The predicted octanol–water partition coefficient (Wildman–Crippen LogP) is 2.30. The number of hydrogen-bond donors (Lipinski definition) is 0. The van der Waals surface area contributed by atoms with Crippen molar-refractivity contribution in [3.63, 3.8) is 0 Å². The van der Waals surface area contributed by atoms with E-state index in [1.54, 1.807) is 0 Å². The first-order valence-electron chi connectivity index (χ1n) is 4.62. The zero-order valence-electron chi connectivity index (χ0n) is 8.50. The summed E-state index contributed by atoms with van der Waals surface area (Å²) in [6.07, 6.45) is 2.85. The monoisotopic (exact) mass is 238 g/mol. The van der Waals surface area contributed by atoms with Crippen molar-refractivity contribution in [3.8, 4) is 5.75 Å². The quantitative estimate of drug-likeness (QED) is 0.603. The van der Waals surface area contributed by atoms with Crippen LogP contribution in [0.4, 0.5) is 10.1 Å². The lowest BCUT2D eigenvalue weighted by molar-refractivity contribution is -0.387. The van der Waals surface area contributed by atoms with E-state index >= 15 is 0 Å². The number of nitrogens with zero attached hydrogens (tertiary/aromatic N) is 2. The Morgan fingerprint density at radius 1 is 1.53 bits per heavy atom. The van der Waals surface area contributed by atoms with Crippen molar-refractivity contribution >= 4 is 5.69 Å². The molecule has 0 bridgehead atoms. The van der Waals surface area contributed by atoms with Crippen LogP contribution < -0.4 is 4.74 Å². The highest BCUT2D eigenvalue weighted by molar-refractivity contribution is 5.38. The summed E-state index contributed by atoms with van der Waals surface area (Å²) in [6, 6.07) is 3.35. The van der Waals surface area contributed by atoms with Crippen LogP contribution in [0.15, 0.2) is 35.2 Å². The van der Waals surface area contributed by atoms with Gasteiger partial charge in [-0.1, -0.05) is 5.16 Å². The van der Waals surface area contributed by atoms with Crippen LogP contribution in [0.5, 0.6) is 5.75 Å². The van der Waals surface area contributed by atoms with E-state index in [4.69, 9.17) is 4.74 Å². The second kappa shape index (κ2) is 4.60. The summed E-state index contributed by atoms with van der Waals surface area (Å²) in [5.74, 6) is -0.730. The Hall–Kier alpha value is -2.44. The van der Waals surface area contributed by atoms with Gasteiger partial charge in [-0.15, -0.1) is 0 Å². The number of rotatable bonds is 4. The average Bonchev–Trinajstić information content (AvgIpc) is 2.78. The highest BCUT2D eigenvalue weighted by Crippen LogP contribution is 2.22. The molecule has 6 nitrogen and oxygen atoms in total. The van der Waals surface area contributed by atoms with Crippen molar-refractivity contribution < 1.29 is 18.6 Å². The average molecular weight is 238 g/mol. The Morgan fingerprint density at radius 3 is 2.94 bits per heavy atom. The van der Waals surface area contributed by atoms with Crippen LogP contribution in [-0.2, 0) is 6.61 Å². The van der Waals surface area contributed by atoms with Crippen molar-refractivity contribution in [1.82, 2.24) is 5.16 Å². The fourth-order valence-corrected chi connectivity index (χ4v) is 1.19. The number of ether oxygens (including phenoxy) is 1. The molecule has 1 heterocycles. The maximum absolute atomic E-state index is 13.2. The second-order valence-corrected chi connectivity index (χ2v) is 3.19. The van der Waals surface area contributed by atoms with Gasteiger partial charge in [-0.2, -0.15) is 4.39 Å². The molecule has 0 spiro atoms. The fraction of sp³-hybridized carbons (Fsp3) is 0.100. The van der Waals surface area contributed by atoms with Gasteiger partial charge in [-0.05, 0) is 6.07 Å². The van der Waals surface area contributed by atoms with Crippen molar-refractivity contribution in [2.75, 3.05) is 0 Å². The molecule has 17 heavy (non-hydrogen) atoms. The van der Waals surface area contributed by atoms with E-state index in [1.165, 1.54) is 18.5 Å². The van der Waals surface area contributed by atoms with Gasteiger partial charge in [0.25, 0.3) is 0 Å². The molecule has 0 N–H and O–H groups in total. The molecule has 0 aliphatic rings. The number of nitro groups is 1. The van der Waals surface area contributed by atoms with E-state index in [1.807, 2.05) is 0 Å². The van der Waals surface area contributed by atoms with Crippen LogP contribution >= 0.6 is 0 Å². The van der Waals surface area contributed by atoms with E-state index < -0.39 is 16.4 Å². The Balaban J connectivity index is 2.07. The molecule has 2 rings (SSSR count). The highest BCUT2D eigenvalue weighted by atomic mass is 19.1. The fourth-order valence-electron chi connectivity index (χ4n) is 1.19. The van der Waals surface area contributed by atoms with Gasteiger partial charge in [0, 0.05) is 17.7 Å². The maximum Gasteiger partial charge on any atom is 0.305 e. The van der Waals surface area contributed by atoms with Crippen LogP contribution in [0, 0.1) is 15.9 Å². The second-order valence-electron chi connectivity index (χ2n) is 3.19. The lowest BCUT2D eigenvalue weighted by Crippen LogP contribution is -1.96. The molecule has 7 heteroatoms. The molecule has 1 aromatic carbocycles. The third-order valence-electron chi connectivity index (χ3n) is 2.00. The lowest BCUT2D eigenvalue weighted by Gasteiger charge is -2.03. The Kier molecular flexibility index (Phi) is 2.99. The molecule has 0 atom stereocenters. The number of hydrogen-bond acceptors (Lipinski definition) is 5. The van der Waals surface area contributed by atoms with E-state index in [2.05, 4.69) is 9.68 Å². The SMILES string of the molecule is O=[N+]([O-])c1ccc(OCc2cnoc2)cc1F. The van der Waals surface area contributed by atoms with Gasteiger partial charge in [0.2, 0.25) is 5.82 Å². The molecule has 0 radical (unpaired) electrons. The van der Waals surface area contributed by atoms with Gasteiger partial charge in [0.15, 0.2) is 0 Å². The molecule has 0 fully saturated rings. The summed E-state index contributed by atoms with van der Waals surface area (Å²) in [4.78, 5) is 9.59. The minimum atomic E-state index is -0.933. The zero-order chi connectivity index (χ0) is 12.3. The summed E-state index contributed by atoms with van der Waals surface area (Å²) in [5, 5.41) is 13.9.